The van der Waals surface area contributed by atoms with Gasteiger partial charge in [0.2, 0.25) is 17.7 Å². The number of anilines is 1. The predicted molar refractivity (Wildman–Crippen MR) is 224 cm³/mol. The first-order chi connectivity index (χ1) is 28.7. The molecule has 5 heterocycles. The molecule has 59 heavy (non-hydrogen) atoms. The smallest absolute Gasteiger partial charge is 0.254 e. The van der Waals surface area contributed by atoms with Crippen molar-refractivity contribution in [1.29, 1.82) is 0 Å². The summed E-state index contributed by atoms with van der Waals surface area (Å²) in [6.07, 6.45) is 12.8. The van der Waals surface area contributed by atoms with E-state index in [0.29, 0.717) is 75.6 Å². The van der Waals surface area contributed by atoms with Crippen LogP contribution in [-0.2, 0) is 23.9 Å². The van der Waals surface area contributed by atoms with Gasteiger partial charge in [-0.1, -0.05) is 55.7 Å². The third kappa shape index (κ3) is 9.31. The lowest BCUT2D eigenvalue weighted by Crippen LogP contribution is -2.60. The second-order valence-corrected chi connectivity index (χ2v) is 17.4. The molecule has 13 heteroatoms. The molecule has 5 aliphatic rings. The standard InChI is InChI=1S/C46H59N7O6/c1-50(45(58)46(59-37-7-3-2-4-8-37)21-27-52(28-22-46)36-29-40(49-47-30-36)39-9-5-6-10-41(39)54)35-19-25-53(26-20-35)43(56)31-51-23-17-33(18-24-51)32-11-13-34(14-12-32)38-15-16-42(55)48-44(38)57/h5-6,9-14,29-30,33,35,37-38,54H,2-4,7-8,15-28,31H2,1H3,(H,48,55,57)/t38-/m1/s1. The molecule has 1 saturated carbocycles. The normalized spacial score (nSPS) is 22.6. The lowest BCUT2D eigenvalue weighted by Gasteiger charge is -2.47. The van der Waals surface area contributed by atoms with Crippen LogP contribution >= 0.6 is 0 Å². The van der Waals surface area contributed by atoms with Gasteiger partial charge in [0, 0.05) is 64.1 Å². The fourth-order valence-corrected chi connectivity index (χ4v) is 10.1. The molecule has 0 radical (unpaired) electrons. The van der Waals surface area contributed by atoms with Gasteiger partial charge in [-0.2, -0.15) is 10.2 Å². The van der Waals surface area contributed by atoms with Crippen LogP contribution in [0.15, 0.2) is 60.8 Å². The number of likely N-dealkylation sites (N-methyl/N-ethyl adjacent to an activating group) is 1. The Morgan fingerprint density at radius 1 is 0.864 bits per heavy atom. The summed E-state index contributed by atoms with van der Waals surface area (Å²) >= 11 is 0. The van der Waals surface area contributed by atoms with E-state index in [1.54, 1.807) is 18.3 Å². The summed E-state index contributed by atoms with van der Waals surface area (Å²) in [5.41, 5.74) is 3.46. The summed E-state index contributed by atoms with van der Waals surface area (Å²) < 4.78 is 6.93. The minimum absolute atomic E-state index is 0.0408. The summed E-state index contributed by atoms with van der Waals surface area (Å²) in [5, 5.41) is 21.4. The number of rotatable bonds is 10. The average Bonchev–Trinajstić information content (AvgIpc) is 3.27. The van der Waals surface area contributed by atoms with Gasteiger partial charge in [0.05, 0.1) is 36.1 Å². The first-order valence-electron chi connectivity index (χ1n) is 21.9. The fraction of sp³-hybridized carbons (Fsp3) is 0.565. The van der Waals surface area contributed by atoms with E-state index < -0.39 is 5.60 Å². The first kappa shape index (κ1) is 40.9. The van der Waals surface area contributed by atoms with Gasteiger partial charge in [0.25, 0.3) is 5.91 Å². The van der Waals surface area contributed by atoms with Crippen LogP contribution in [0, 0.1) is 0 Å². The zero-order valence-corrected chi connectivity index (χ0v) is 34.4. The van der Waals surface area contributed by atoms with Gasteiger partial charge in [-0.25, -0.2) is 0 Å². The lowest BCUT2D eigenvalue weighted by molar-refractivity contribution is -0.175. The molecule has 0 spiro atoms. The van der Waals surface area contributed by atoms with E-state index in [1.165, 1.54) is 12.0 Å². The number of piperidine rings is 4. The zero-order valence-electron chi connectivity index (χ0n) is 34.4. The molecule has 13 nitrogen and oxygen atoms in total. The van der Waals surface area contributed by atoms with Gasteiger partial charge in [-0.3, -0.25) is 29.4 Å². The molecular weight excluding hydrogens is 747 g/mol. The Bertz CT molecular complexity index is 1960. The number of phenols is 1. The molecule has 0 bridgehead atoms. The Morgan fingerprint density at radius 2 is 1.56 bits per heavy atom. The highest BCUT2D eigenvalue weighted by Crippen LogP contribution is 2.38. The average molecular weight is 806 g/mol. The number of para-hydroxylation sites is 1. The Kier molecular flexibility index (Phi) is 12.6. The summed E-state index contributed by atoms with van der Waals surface area (Å²) in [4.78, 5) is 60.5. The molecule has 5 fully saturated rings. The summed E-state index contributed by atoms with van der Waals surface area (Å²) in [6, 6.07) is 17.4. The van der Waals surface area contributed by atoms with Crippen LogP contribution in [-0.4, -0.2) is 124 Å². The molecule has 2 aromatic carbocycles. The third-order valence-electron chi connectivity index (χ3n) is 13.8. The molecule has 4 amide bonds. The van der Waals surface area contributed by atoms with E-state index in [1.807, 2.05) is 47.2 Å². The number of carbonyl (C=O) groups excluding carboxylic acids is 4. The first-order valence-corrected chi connectivity index (χ1v) is 21.9. The van der Waals surface area contributed by atoms with Crippen LogP contribution in [0.2, 0.25) is 0 Å². The number of nitrogens with one attached hydrogen (secondary N) is 1. The molecule has 4 saturated heterocycles. The van der Waals surface area contributed by atoms with E-state index in [-0.39, 0.29) is 47.4 Å². The maximum Gasteiger partial charge on any atom is 0.254 e. The van der Waals surface area contributed by atoms with Crippen LogP contribution in [0.3, 0.4) is 0 Å². The number of aromatic hydroxyl groups is 1. The van der Waals surface area contributed by atoms with Crippen LogP contribution in [0.1, 0.15) is 106 Å². The Balaban J connectivity index is 0.828. The van der Waals surface area contributed by atoms with Gasteiger partial charge in [0.15, 0.2) is 5.60 Å². The topological polar surface area (TPSA) is 149 Å². The van der Waals surface area contributed by atoms with Crippen LogP contribution in [0.4, 0.5) is 5.69 Å². The molecule has 0 unspecified atom stereocenters. The van der Waals surface area contributed by atoms with Crippen LogP contribution < -0.4 is 10.2 Å². The van der Waals surface area contributed by atoms with Gasteiger partial charge in [-0.15, -0.1) is 0 Å². The Labute approximate surface area is 347 Å². The van der Waals surface area contributed by atoms with Crippen molar-refractivity contribution in [3.05, 3.63) is 71.9 Å². The van der Waals surface area contributed by atoms with Crippen LogP contribution in [0.25, 0.3) is 11.3 Å². The number of aromatic nitrogens is 2. The second kappa shape index (κ2) is 18.2. The summed E-state index contributed by atoms with van der Waals surface area (Å²) in [6.45, 7) is 4.67. The van der Waals surface area contributed by atoms with Crippen molar-refractivity contribution in [2.45, 2.75) is 113 Å². The molecule has 1 aromatic heterocycles. The number of phenolic OH excluding ortho intramolecular Hbond substituents is 1. The number of ether oxygens (including phenoxy) is 1. The summed E-state index contributed by atoms with van der Waals surface area (Å²) in [7, 11) is 1.93. The molecule has 3 aromatic rings. The molecule has 4 aliphatic heterocycles. The lowest BCUT2D eigenvalue weighted by atomic mass is 9.86. The highest BCUT2D eigenvalue weighted by molar-refractivity contribution is 6.00. The fourth-order valence-electron chi connectivity index (χ4n) is 10.1. The van der Waals surface area contributed by atoms with Crippen molar-refractivity contribution in [2.24, 2.45) is 0 Å². The predicted octanol–water partition coefficient (Wildman–Crippen LogP) is 5.39. The number of likely N-dealkylation sites (tertiary alicyclic amines) is 2. The van der Waals surface area contributed by atoms with Gasteiger partial charge in [-0.05, 0) is 93.3 Å². The van der Waals surface area contributed by atoms with Crippen molar-refractivity contribution < 1.29 is 29.0 Å². The Hall–Kier alpha value is -4.88. The highest BCUT2D eigenvalue weighted by Gasteiger charge is 2.47. The van der Waals surface area contributed by atoms with Crippen LogP contribution in [0.5, 0.6) is 5.75 Å². The SMILES string of the molecule is CN(C(=O)C1(OC2CCCCC2)CCN(c2cnnc(-c3ccccc3O)c2)CC1)C1CCN(C(=O)CN2CCC(c3ccc([C@H]4CCC(=O)NC4=O)cc3)CC2)CC1. The number of hydrogen-bond acceptors (Lipinski definition) is 10. The molecule has 2 N–H and O–H groups in total. The van der Waals surface area contributed by atoms with Crippen molar-refractivity contribution in [1.82, 2.24) is 30.2 Å². The van der Waals surface area contributed by atoms with Crippen molar-refractivity contribution in [3.8, 4) is 17.0 Å². The highest BCUT2D eigenvalue weighted by atomic mass is 16.5. The largest absolute Gasteiger partial charge is 0.507 e. The van der Waals surface area contributed by atoms with E-state index in [2.05, 4.69) is 37.4 Å². The van der Waals surface area contributed by atoms with E-state index in [0.717, 1.165) is 75.7 Å². The second-order valence-electron chi connectivity index (χ2n) is 17.4. The molecule has 8 rings (SSSR count). The quantitative estimate of drug-likeness (QED) is 0.256. The molecular formula is C46H59N7O6. The van der Waals surface area contributed by atoms with E-state index in [9.17, 15) is 24.3 Å². The van der Waals surface area contributed by atoms with Crippen molar-refractivity contribution in [2.75, 3.05) is 57.8 Å². The van der Waals surface area contributed by atoms with E-state index in [4.69, 9.17) is 4.74 Å². The maximum atomic E-state index is 14.7. The monoisotopic (exact) mass is 805 g/mol. The third-order valence-corrected chi connectivity index (χ3v) is 13.8. The number of carbonyl (C=O) groups is 4. The minimum atomic E-state index is -0.900. The number of hydrogen-bond donors (Lipinski definition) is 2. The Morgan fingerprint density at radius 3 is 2.25 bits per heavy atom. The molecule has 314 valence electrons. The minimum Gasteiger partial charge on any atom is -0.507 e. The maximum absolute atomic E-state index is 14.7. The number of benzene rings is 2. The zero-order chi connectivity index (χ0) is 40.9. The molecule has 1 atom stereocenters. The van der Waals surface area contributed by atoms with Gasteiger partial charge >= 0.3 is 0 Å². The van der Waals surface area contributed by atoms with Crippen molar-refractivity contribution >= 4 is 29.3 Å². The number of imide groups is 1. The van der Waals surface area contributed by atoms with Gasteiger partial charge < -0.3 is 24.5 Å². The van der Waals surface area contributed by atoms with E-state index >= 15 is 0 Å². The number of amides is 4. The van der Waals surface area contributed by atoms with Gasteiger partial charge in [0.1, 0.15) is 5.75 Å². The van der Waals surface area contributed by atoms with Crippen molar-refractivity contribution in [3.63, 3.8) is 0 Å². The number of nitrogens with zero attached hydrogens (tertiary/aromatic N) is 6. The summed E-state index contributed by atoms with van der Waals surface area (Å²) in [5.74, 6) is 0.109. The molecule has 1 aliphatic carbocycles.